The number of benzene rings is 3. The van der Waals surface area contributed by atoms with E-state index >= 15 is 0 Å². The molecule has 3 aromatic rings. The van der Waals surface area contributed by atoms with Crippen molar-refractivity contribution < 1.29 is 13.9 Å². The molecule has 0 saturated carbocycles. The summed E-state index contributed by atoms with van der Waals surface area (Å²) < 4.78 is 24.5. The number of hydrogen-bond donors (Lipinski definition) is 1. The molecule has 3 aromatic carbocycles. The van der Waals surface area contributed by atoms with Gasteiger partial charge in [-0.3, -0.25) is 0 Å². The van der Waals surface area contributed by atoms with Gasteiger partial charge < -0.3 is 14.8 Å². The topological polar surface area (TPSA) is 30.5 Å². The molecule has 0 spiro atoms. The Kier molecular flexibility index (Phi) is 6.90. The third kappa shape index (κ3) is 5.24. The first-order valence-corrected chi connectivity index (χ1v) is 9.46. The molecule has 28 heavy (non-hydrogen) atoms. The molecule has 0 bridgehead atoms. The van der Waals surface area contributed by atoms with Crippen LogP contribution in [-0.2, 0) is 13.2 Å². The first kappa shape index (κ1) is 20.2. The highest BCUT2D eigenvalue weighted by atomic mass is 35.5. The molecule has 3 nitrogen and oxygen atoms in total. The SMILES string of the molecule is COc1cc(CN[C@@H](C)c2ccccc2)ccc1OCc1ccc(F)cc1Cl. The van der Waals surface area contributed by atoms with Crippen LogP contribution < -0.4 is 14.8 Å². The van der Waals surface area contributed by atoms with E-state index in [4.69, 9.17) is 21.1 Å². The minimum absolute atomic E-state index is 0.234. The van der Waals surface area contributed by atoms with E-state index in [-0.39, 0.29) is 18.5 Å². The molecule has 0 aliphatic carbocycles. The lowest BCUT2D eigenvalue weighted by atomic mass is 10.1. The Balaban J connectivity index is 1.63. The fourth-order valence-electron chi connectivity index (χ4n) is 2.87. The molecule has 0 amide bonds. The number of rotatable bonds is 8. The fourth-order valence-corrected chi connectivity index (χ4v) is 3.09. The Morgan fingerprint density at radius 2 is 1.79 bits per heavy atom. The van der Waals surface area contributed by atoms with Crippen LogP contribution in [0.5, 0.6) is 11.5 Å². The monoisotopic (exact) mass is 399 g/mol. The summed E-state index contributed by atoms with van der Waals surface area (Å²) in [6.07, 6.45) is 0. The fraction of sp³-hybridized carbons (Fsp3) is 0.217. The van der Waals surface area contributed by atoms with Gasteiger partial charge in [-0.15, -0.1) is 0 Å². The van der Waals surface area contributed by atoms with E-state index in [0.717, 1.165) is 5.56 Å². The van der Waals surface area contributed by atoms with Crippen LogP contribution in [0, 0.1) is 5.82 Å². The first-order chi connectivity index (χ1) is 13.6. The highest BCUT2D eigenvalue weighted by Crippen LogP contribution is 2.30. The van der Waals surface area contributed by atoms with Gasteiger partial charge in [-0.1, -0.05) is 54.1 Å². The van der Waals surface area contributed by atoms with E-state index in [1.807, 2.05) is 36.4 Å². The largest absolute Gasteiger partial charge is 0.493 e. The molecular weight excluding hydrogens is 377 g/mol. The molecule has 146 valence electrons. The number of hydrogen-bond acceptors (Lipinski definition) is 3. The molecule has 0 radical (unpaired) electrons. The van der Waals surface area contributed by atoms with Crippen LogP contribution in [0.2, 0.25) is 5.02 Å². The Labute approximate surface area is 170 Å². The van der Waals surface area contributed by atoms with Crippen LogP contribution in [0.4, 0.5) is 4.39 Å². The molecule has 0 saturated heterocycles. The molecule has 0 aliphatic rings. The molecule has 1 atom stereocenters. The highest BCUT2D eigenvalue weighted by Gasteiger charge is 2.10. The van der Waals surface area contributed by atoms with E-state index in [9.17, 15) is 4.39 Å². The van der Waals surface area contributed by atoms with Crippen LogP contribution in [0.1, 0.15) is 29.7 Å². The van der Waals surface area contributed by atoms with Gasteiger partial charge in [0.05, 0.1) is 12.1 Å². The van der Waals surface area contributed by atoms with E-state index in [1.165, 1.54) is 17.7 Å². The molecular formula is C23H23ClFNO2. The Bertz CT molecular complexity index is 918. The lowest BCUT2D eigenvalue weighted by Gasteiger charge is -2.16. The molecule has 0 heterocycles. The summed E-state index contributed by atoms with van der Waals surface area (Å²) in [6, 6.07) is 20.6. The Morgan fingerprint density at radius 3 is 2.50 bits per heavy atom. The summed E-state index contributed by atoms with van der Waals surface area (Å²) in [5, 5.41) is 3.85. The lowest BCUT2D eigenvalue weighted by molar-refractivity contribution is 0.284. The zero-order valence-electron chi connectivity index (χ0n) is 15.9. The van der Waals surface area contributed by atoms with Gasteiger partial charge in [-0.05, 0) is 42.3 Å². The van der Waals surface area contributed by atoms with E-state index < -0.39 is 0 Å². The standard InChI is InChI=1S/C23H23ClFNO2/c1-16(18-6-4-3-5-7-18)26-14-17-8-11-22(23(12-17)27-2)28-15-19-9-10-20(25)13-21(19)24/h3-13,16,26H,14-15H2,1-2H3/t16-/m0/s1. The van der Waals surface area contributed by atoms with Crippen molar-refractivity contribution in [3.63, 3.8) is 0 Å². The van der Waals surface area contributed by atoms with Gasteiger partial charge in [0.2, 0.25) is 0 Å². The minimum atomic E-state index is -0.368. The van der Waals surface area contributed by atoms with Crippen molar-refractivity contribution in [1.82, 2.24) is 5.32 Å². The molecule has 1 N–H and O–H groups in total. The summed E-state index contributed by atoms with van der Waals surface area (Å²) in [4.78, 5) is 0. The number of methoxy groups -OCH3 is 1. The summed E-state index contributed by atoms with van der Waals surface area (Å²) in [6.45, 7) is 3.07. The average Bonchev–Trinajstić information content (AvgIpc) is 2.72. The van der Waals surface area contributed by atoms with Gasteiger partial charge in [0.1, 0.15) is 12.4 Å². The second-order valence-electron chi connectivity index (χ2n) is 6.52. The predicted octanol–water partition coefficient (Wildman–Crippen LogP) is 5.92. The van der Waals surface area contributed by atoms with Crippen molar-refractivity contribution in [2.45, 2.75) is 26.1 Å². The normalized spacial score (nSPS) is 11.9. The van der Waals surface area contributed by atoms with Gasteiger partial charge in [0.25, 0.3) is 0 Å². The van der Waals surface area contributed by atoms with Gasteiger partial charge in [0.15, 0.2) is 11.5 Å². The summed E-state index contributed by atoms with van der Waals surface area (Å²) >= 11 is 6.06. The summed E-state index contributed by atoms with van der Waals surface area (Å²) in [5.74, 6) is 0.889. The van der Waals surface area contributed by atoms with Gasteiger partial charge >= 0.3 is 0 Å². The third-order valence-corrected chi connectivity index (χ3v) is 4.89. The smallest absolute Gasteiger partial charge is 0.161 e. The van der Waals surface area contributed by atoms with Crippen molar-refractivity contribution >= 4 is 11.6 Å². The number of ether oxygens (including phenoxy) is 2. The summed E-state index contributed by atoms with van der Waals surface area (Å²) in [7, 11) is 1.61. The Morgan fingerprint density at radius 1 is 1.00 bits per heavy atom. The number of halogens is 2. The van der Waals surface area contributed by atoms with Crippen molar-refractivity contribution in [2.75, 3.05) is 7.11 Å². The van der Waals surface area contributed by atoms with E-state index in [1.54, 1.807) is 13.2 Å². The highest BCUT2D eigenvalue weighted by molar-refractivity contribution is 6.31. The molecule has 0 fully saturated rings. The molecule has 0 aromatic heterocycles. The predicted molar refractivity (Wildman–Crippen MR) is 110 cm³/mol. The van der Waals surface area contributed by atoms with Crippen molar-refractivity contribution in [3.8, 4) is 11.5 Å². The maximum Gasteiger partial charge on any atom is 0.161 e. The van der Waals surface area contributed by atoms with Crippen LogP contribution in [0.15, 0.2) is 66.7 Å². The van der Waals surface area contributed by atoms with Gasteiger partial charge in [0, 0.05) is 18.2 Å². The van der Waals surface area contributed by atoms with Crippen LogP contribution >= 0.6 is 11.6 Å². The van der Waals surface area contributed by atoms with Crippen LogP contribution in [-0.4, -0.2) is 7.11 Å². The van der Waals surface area contributed by atoms with Crippen LogP contribution in [0.3, 0.4) is 0 Å². The zero-order valence-corrected chi connectivity index (χ0v) is 16.7. The molecule has 3 rings (SSSR count). The van der Waals surface area contributed by atoms with E-state index in [0.29, 0.717) is 28.6 Å². The second-order valence-corrected chi connectivity index (χ2v) is 6.93. The van der Waals surface area contributed by atoms with Crippen LogP contribution in [0.25, 0.3) is 0 Å². The maximum atomic E-state index is 13.2. The lowest BCUT2D eigenvalue weighted by Crippen LogP contribution is -2.18. The van der Waals surface area contributed by atoms with Gasteiger partial charge in [-0.2, -0.15) is 0 Å². The molecule has 0 aliphatic heterocycles. The van der Waals surface area contributed by atoms with Gasteiger partial charge in [-0.25, -0.2) is 4.39 Å². The minimum Gasteiger partial charge on any atom is -0.493 e. The van der Waals surface area contributed by atoms with Crippen molar-refractivity contribution in [3.05, 3.63) is 94.3 Å². The van der Waals surface area contributed by atoms with Crippen molar-refractivity contribution in [1.29, 1.82) is 0 Å². The zero-order chi connectivity index (χ0) is 19.9. The number of nitrogens with one attached hydrogen (secondary N) is 1. The Hall–Kier alpha value is -2.56. The second kappa shape index (κ2) is 9.58. The molecule has 0 unspecified atom stereocenters. The van der Waals surface area contributed by atoms with Crippen molar-refractivity contribution in [2.24, 2.45) is 0 Å². The molecule has 5 heteroatoms. The average molecular weight is 400 g/mol. The maximum absolute atomic E-state index is 13.2. The quantitative estimate of drug-likeness (QED) is 0.510. The third-order valence-electron chi connectivity index (χ3n) is 4.54. The summed E-state index contributed by atoms with van der Waals surface area (Å²) in [5.41, 5.74) is 3.05. The first-order valence-electron chi connectivity index (χ1n) is 9.09. The van der Waals surface area contributed by atoms with E-state index in [2.05, 4.69) is 24.4 Å².